The Bertz CT molecular complexity index is 1520. The molecule has 204 valence electrons. The smallest absolute Gasteiger partial charge is 0.339 e. The summed E-state index contributed by atoms with van der Waals surface area (Å²) in [6, 6.07) is 6.30. The van der Waals surface area contributed by atoms with E-state index in [0.29, 0.717) is 35.6 Å². The largest absolute Gasteiger partial charge is 0.465 e. The van der Waals surface area contributed by atoms with Gasteiger partial charge in [0.1, 0.15) is 17.3 Å². The summed E-state index contributed by atoms with van der Waals surface area (Å²) in [5, 5.41) is 2.65. The first-order valence-corrected chi connectivity index (χ1v) is 13.0. The predicted octanol–water partition coefficient (Wildman–Crippen LogP) is 3.81. The number of amides is 1. The van der Waals surface area contributed by atoms with Gasteiger partial charge in [-0.3, -0.25) is 23.7 Å². The van der Waals surface area contributed by atoms with Crippen LogP contribution in [0.2, 0.25) is 0 Å². The Morgan fingerprint density at radius 1 is 1.05 bits per heavy atom. The number of nitrogens with one attached hydrogen (secondary N) is 1. The van der Waals surface area contributed by atoms with E-state index in [1.165, 1.54) is 30.0 Å². The van der Waals surface area contributed by atoms with Crippen molar-refractivity contribution in [2.24, 2.45) is 4.99 Å². The molecule has 1 aliphatic rings. The van der Waals surface area contributed by atoms with Gasteiger partial charge in [-0.15, -0.1) is 0 Å². The molecular formula is C28H32N6O5. The van der Waals surface area contributed by atoms with Crippen LogP contribution in [0, 0.1) is 6.92 Å². The van der Waals surface area contributed by atoms with E-state index in [4.69, 9.17) is 4.99 Å². The molecule has 0 atom stereocenters. The topological polar surface area (TPSA) is 138 Å². The summed E-state index contributed by atoms with van der Waals surface area (Å²) in [4.78, 5) is 63.7. The monoisotopic (exact) mass is 532 g/mol. The summed E-state index contributed by atoms with van der Waals surface area (Å²) in [6.07, 6.45) is 6.64. The van der Waals surface area contributed by atoms with Gasteiger partial charge in [0.15, 0.2) is 0 Å². The van der Waals surface area contributed by atoms with Crippen molar-refractivity contribution in [2.45, 2.75) is 65.5 Å². The van der Waals surface area contributed by atoms with Crippen molar-refractivity contribution in [2.75, 3.05) is 12.4 Å². The lowest BCUT2D eigenvalue weighted by Gasteiger charge is -2.16. The highest BCUT2D eigenvalue weighted by atomic mass is 16.5. The molecule has 1 fully saturated rings. The van der Waals surface area contributed by atoms with Crippen LogP contribution < -0.4 is 16.6 Å². The fourth-order valence-electron chi connectivity index (χ4n) is 4.23. The van der Waals surface area contributed by atoms with Crippen molar-refractivity contribution >= 4 is 29.2 Å². The summed E-state index contributed by atoms with van der Waals surface area (Å²) in [5.74, 6) is -0.356. The van der Waals surface area contributed by atoms with Crippen molar-refractivity contribution in [3.8, 4) is 0 Å². The van der Waals surface area contributed by atoms with Crippen LogP contribution in [0.1, 0.15) is 84.0 Å². The molecule has 0 unspecified atom stereocenters. The van der Waals surface area contributed by atoms with Crippen LogP contribution >= 0.6 is 0 Å². The highest BCUT2D eigenvalue weighted by Crippen LogP contribution is 2.33. The number of esters is 1. The Morgan fingerprint density at radius 3 is 2.33 bits per heavy atom. The van der Waals surface area contributed by atoms with E-state index < -0.39 is 11.9 Å². The lowest BCUT2D eigenvalue weighted by Crippen LogP contribution is -2.40. The maximum Gasteiger partial charge on any atom is 0.339 e. The zero-order chi connectivity index (χ0) is 28.1. The van der Waals surface area contributed by atoms with Crippen molar-refractivity contribution in [1.82, 2.24) is 19.1 Å². The predicted molar refractivity (Wildman–Crippen MR) is 147 cm³/mol. The number of carbonyl (C=O) groups excluding carboxylic acids is 2. The number of methoxy groups -OCH3 is 1. The minimum atomic E-state index is -0.520. The first kappa shape index (κ1) is 27.6. The van der Waals surface area contributed by atoms with E-state index in [9.17, 15) is 19.2 Å². The average molecular weight is 533 g/mol. The Balaban J connectivity index is 1.62. The Morgan fingerprint density at radius 2 is 1.77 bits per heavy atom. The molecule has 0 spiro atoms. The molecule has 0 bridgehead atoms. The molecule has 3 heterocycles. The van der Waals surface area contributed by atoms with Crippen molar-refractivity contribution in [1.29, 1.82) is 0 Å². The molecule has 0 aliphatic heterocycles. The molecule has 3 aromatic heterocycles. The Labute approximate surface area is 225 Å². The highest BCUT2D eigenvalue weighted by Gasteiger charge is 2.29. The second-order valence-electron chi connectivity index (χ2n) is 9.41. The third kappa shape index (κ3) is 6.02. The molecule has 39 heavy (non-hydrogen) atoms. The molecule has 1 N–H and O–H groups in total. The summed E-state index contributed by atoms with van der Waals surface area (Å²) in [7, 11) is 1.28. The first-order valence-electron chi connectivity index (χ1n) is 13.0. The average Bonchev–Trinajstić information content (AvgIpc) is 3.78. The number of aliphatic imine (C=N–C) groups is 1. The standard InChI is InChI=1S/C28H32N6O5/c1-5-7-21(31-24-17(3)26(36)34(20-10-11-20)28(38)33(24)14-6-2)18-8-12-22(29-15-18)25(35)32-23-13-9-19(16-30-23)27(37)39-4/h8-9,12-13,15-16,20H,5-7,10-11,14H2,1-4H3,(H,30,32,35)/b31-21+. The number of aromatic nitrogens is 4. The lowest BCUT2D eigenvalue weighted by atomic mass is 10.1. The second kappa shape index (κ2) is 12.0. The molecule has 0 saturated heterocycles. The van der Waals surface area contributed by atoms with Crippen LogP contribution in [0.15, 0.2) is 51.2 Å². The van der Waals surface area contributed by atoms with Crippen molar-refractivity contribution in [3.63, 3.8) is 0 Å². The maximum absolute atomic E-state index is 13.2. The molecule has 0 radical (unpaired) electrons. The van der Waals surface area contributed by atoms with Gasteiger partial charge in [-0.2, -0.15) is 0 Å². The van der Waals surface area contributed by atoms with E-state index in [-0.39, 0.29) is 34.4 Å². The van der Waals surface area contributed by atoms with Gasteiger partial charge >= 0.3 is 11.7 Å². The highest BCUT2D eigenvalue weighted by molar-refractivity contribution is 6.04. The van der Waals surface area contributed by atoms with Crippen LogP contribution in [-0.4, -0.2) is 43.8 Å². The summed E-state index contributed by atoms with van der Waals surface area (Å²) in [5.41, 5.74) is 1.64. The fourth-order valence-corrected chi connectivity index (χ4v) is 4.23. The third-order valence-electron chi connectivity index (χ3n) is 6.41. The first-order chi connectivity index (χ1) is 18.8. The van der Waals surface area contributed by atoms with Crippen LogP contribution in [0.3, 0.4) is 0 Å². The molecule has 1 saturated carbocycles. The van der Waals surface area contributed by atoms with Crippen molar-refractivity contribution in [3.05, 3.63) is 79.9 Å². The zero-order valence-corrected chi connectivity index (χ0v) is 22.6. The van der Waals surface area contributed by atoms with Gasteiger partial charge in [0.25, 0.3) is 11.5 Å². The Kier molecular flexibility index (Phi) is 8.48. The maximum atomic E-state index is 13.2. The normalized spacial score (nSPS) is 13.3. The van der Waals surface area contributed by atoms with Gasteiger partial charge in [-0.25, -0.2) is 19.6 Å². The SMILES string of the molecule is CCC/C(=N\c1c(C)c(=O)n(C2CC2)c(=O)n1CCC)c1ccc(C(=O)Nc2ccc(C(=O)OC)cn2)nc1. The van der Waals surface area contributed by atoms with Crippen LogP contribution in [-0.2, 0) is 11.3 Å². The minimum absolute atomic E-state index is 0.0242. The van der Waals surface area contributed by atoms with Gasteiger partial charge in [-0.05, 0) is 56.9 Å². The van der Waals surface area contributed by atoms with Crippen LogP contribution in [0.25, 0.3) is 0 Å². The second-order valence-corrected chi connectivity index (χ2v) is 9.41. The number of rotatable bonds is 10. The number of nitrogens with zero attached hydrogens (tertiary/aromatic N) is 5. The van der Waals surface area contributed by atoms with E-state index in [1.807, 2.05) is 13.8 Å². The molecule has 0 aromatic carbocycles. The number of ether oxygens (including phenoxy) is 1. The van der Waals surface area contributed by atoms with E-state index in [2.05, 4.69) is 20.0 Å². The fraction of sp³-hybridized carbons (Fsp3) is 0.393. The Hall–Kier alpha value is -4.41. The molecule has 11 heteroatoms. The van der Waals surface area contributed by atoms with Gasteiger partial charge < -0.3 is 10.1 Å². The van der Waals surface area contributed by atoms with Gasteiger partial charge in [0.05, 0.1) is 23.9 Å². The number of hydrogen-bond acceptors (Lipinski definition) is 8. The number of carbonyl (C=O) groups is 2. The van der Waals surface area contributed by atoms with Crippen LogP contribution in [0.4, 0.5) is 11.6 Å². The molecule has 3 aromatic rings. The lowest BCUT2D eigenvalue weighted by molar-refractivity contribution is 0.0600. The van der Waals surface area contributed by atoms with Crippen molar-refractivity contribution < 1.29 is 14.3 Å². The van der Waals surface area contributed by atoms with E-state index in [0.717, 1.165) is 25.7 Å². The molecule has 4 rings (SSSR count). The minimum Gasteiger partial charge on any atom is -0.465 e. The van der Waals surface area contributed by atoms with Gasteiger partial charge in [-0.1, -0.05) is 20.3 Å². The summed E-state index contributed by atoms with van der Waals surface area (Å²) in [6.45, 7) is 6.16. The number of pyridine rings is 2. The quantitative estimate of drug-likeness (QED) is 0.309. The van der Waals surface area contributed by atoms with Crippen LogP contribution in [0.5, 0.6) is 0 Å². The summed E-state index contributed by atoms with van der Waals surface area (Å²) < 4.78 is 7.61. The molecule has 1 aliphatic carbocycles. The van der Waals surface area contributed by atoms with Gasteiger partial charge in [0.2, 0.25) is 0 Å². The molecule has 11 nitrogen and oxygen atoms in total. The molecular weight excluding hydrogens is 500 g/mol. The number of hydrogen-bond donors (Lipinski definition) is 1. The van der Waals surface area contributed by atoms with Gasteiger partial charge in [0, 0.05) is 30.5 Å². The van der Waals surface area contributed by atoms with E-state index in [1.54, 1.807) is 29.8 Å². The molecule has 1 amide bonds. The zero-order valence-electron chi connectivity index (χ0n) is 22.6. The third-order valence-corrected chi connectivity index (χ3v) is 6.41. The summed E-state index contributed by atoms with van der Waals surface area (Å²) >= 11 is 0. The van der Waals surface area contributed by atoms with E-state index >= 15 is 0 Å². The number of anilines is 1.